The summed E-state index contributed by atoms with van der Waals surface area (Å²) in [4.78, 5) is 5.09. The van der Waals surface area contributed by atoms with E-state index in [1.54, 1.807) is 0 Å². The van der Waals surface area contributed by atoms with Crippen molar-refractivity contribution in [1.82, 2.24) is 9.80 Å². The van der Waals surface area contributed by atoms with Crippen molar-refractivity contribution in [1.29, 1.82) is 0 Å². The number of piperazine rings is 1. The summed E-state index contributed by atoms with van der Waals surface area (Å²) in [7, 11) is 0. The lowest BCUT2D eigenvalue weighted by Crippen LogP contribution is -2.47. The SMILES string of the molecule is CCCCOCCOCCOCCN1CCN(CCCC)CC1. The monoisotopic (exact) mass is 330 g/mol. The Hall–Kier alpha value is -0.200. The molecule has 0 atom stereocenters. The minimum absolute atomic E-state index is 0.669. The Morgan fingerprint density at radius 2 is 1.04 bits per heavy atom. The van der Waals surface area contributed by atoms with Crippen LogP contribution in [0.5, 0.6) is 0 Å². The molecule has 0 spiro atoms. The predicted octanol–water partition coefficient (Wildman–Crippen LogP) is 2.25. The maximum atomic E-state index is 5.65. The van der Waals surface area contributed by atoms with Crippen molar-refractivity contribution >= 4 is 0 Å². The van der Waals surface area contributed by atoms with Gasteiger partial charge in [0.05, 0.1) is 33.0 Å². The third kappa shape index (κ3) is 11.9. The third-order valence-corrected chi connectivity index (χ3v) is 4.23. The molecule has 138 valence electrons. The summed E-state index contributed by atoms with van der Waals surface area (Å²) in [5.74, 6) is 0. The Kier molecular flexibility index (Phi) is 13.9. The largest absolute Gasteiger partial charge is 0.379 e. The number of nitrogens with zero attached hydrogens (tertiary/aromatic N) is 2. The summed E-state index contributed by atoms with van der Waals surface area (Å²) < 4.78 is 16.6. The van der Waals surface area contributed by atoms with Crippen LogP contribution < -0.4 is 0 Å². The Labute approximate surface area is 143 Å². The van der Waals surface area contributed by atoms with Gasteiger partial charge in [0, 0.05) is 39.3 Å². The molecule has 1 heterocycles. The van der Waals surface area contributed by atoms with Crippen LogP contribution in [0.2, 0.25) is 0 Å². The van der Waals surface area contributed by atoms with Gasteiger partial charge in [-0.25, -0.2) is 0 Å². The second kappa shape index (κ2) is 15.3. The minimum Gasteiger partial charge on any atom is -0.379 e. The summed E-state index contributed by atoms with van der Waals surface area (Å²) in [6.07, 6.45) is 4.94. The van der Waals surface area contributed by atoms with E-state index >= 15 is 0 Å². The van der Waals surface area contributed by atoms with Crippen LogP contribution in [-0.2, 0) is 14.2 Å². The zero-order chi connectivity index (χ0) is 16.6. The lowest BCUT2D eigenvalue weighted by Gasteiger charge is -2.34. The molecule has 0 amide bonds. The molecule has 1 saturated heterocycles. The fraction of sp³-hybridized carbons (Fsp3) is 1.00. The lowest BCUT2D eigenvalue weighted by atomic mass is 10.2. The van der Waals surface area contributed by atoms with Gasteiger partial charge in [0.25, 0.3) is 0 Å². The fourth-order valence-corrected chi connectivity index (χ4v) is 2.60. The maximum absolute atomic E-state index is 5.65. The highest BCUT2D eigenvalue weighted by Crippen LogP contribution is 2.03. The molecule has 1 aliphatic rings. The summed E-state index contributed by atoms with van der Waals surface area (Å²) in [6.45, 7) is 15.9. The molecule has 1 rings (SSSR count). The molecular formula is C18H38N2O3. The zero-order valence-electron chi connectivity index (χ0n) is 15.4. The van der Waals surface area contributed by atoms with Gasteiger partial charge in [0.15, 0.2) is 0 Å². The second-order valence-electron chi connectivity index (χ2n) is 6.23. The molecule has 0 N–H and O–H groups in total. The van der Waals surface area contributed by atoms with Crippen LogP contribution in [0.3, 0.4) is 0 Å². The van der Waals surface area contributed by atoms with Crippen molar-refractivity contribution in [2.24, 2.45) is 0 Å². The van der Waals surface area contributed by atoms with Crippen molar-refractivity contribution in [3.63, 3.8) is 0 Å². The molecule has 0 aromatic carbocycles. The smallest absolute Gasteiger partial charge is 0.0701 e. The first-order valence-electron chi connectivity index (χ1n) is 9.54. The zero-order valence-corrected chi connectivity index (χ0v) is 15.4. The van der Waals surface area contributed by atoms with Crippen LogP contribution >= 0.6 is 0 Å². The highest BCUT2D eigenvalue weighted by molar-refractivity contribution is 4.71. The van der Waals surface area contributed by atoms with Crippen molar-refractivity contribution < 1.29 is 14.2 Å². The molecular weight excluding hydrogens is 292 g/mol. The van der Waals surface area contributed by atoms with Crippen LogP contribution in [0.25, 0.3) is 0 Å². The van der Waals surface area contributed by atoms with Gasteiger partial charge in [-0.3, -0.25) is 4.90 Å². The van der Waals surface area contributed by atoms with Gasteiger partial charge in [0.2, 0.25) is 0 Å². The van der Waals surface area contributed by atoms with E-state index in [0.717, 1.165) is 26.2 Å². The first kappa shape index (κ1) is 20.8. The van der Waals surface area contributed by atoms with Gasteiger partial charge in [0.1, 0.15) is 0 Å². The van der Waals surface area contributed by atoms with Crippen LogP contribution in [0.1, 0.15) is 39.5 Å². The third-order valence-electron chi connectivity index (χ3n) is 4.23. The van der Waals surface area contributed by atoms with Gasteiger partial charge < -0.3 is 19.1 Å². The molecule has 1 aliphatic heterocycles. The standard InChI is InChI=1S/C18H38N2O3/c1-3-5-7-19-8-10-20(11-9-19)12-14-22-16-18-23-17-15-21-13-6-4-2/h3-18H2,1-2H3. The van der Waals surface area contributed by atoms with Crippen LogP contribution in [0.4, 0.5) is 0 Å². The van der Waals surface area contributed by atoms with E-state index in [4.69, 9.17) is 14.2 Å². The van der Waals surface area contributed by atoms with Crippen LogP contribution in [-0.4, -0.2) is 88.7 Å². The molecule has 0 aromatic rings. The predicted molar refractivity (Wildman–Crippen MR) is 95.2 cm³/mol. The summed E-state index contributed by atoms with van der Waals surface area (Å²) >= 11 is 0. The van der Waals surface area contributed by atoms with E-state index in [9.17, 15) is 0 Å². The molecule has 23 heavy (non-hydrogen) atoms. The summed E-state index contributed by atoms with van der Waals surface area (Å²) in [6, 6.07) is 0. The molecule has 0 saturated carbocycles. The van der Waals surface area contributed by atoms with E-state index in [0.29, 0.717) is 26.4 Å². The van der Waals surface area contributed by atoms with Crippen molar-refractivity contribution in [2.75, 3.05) is 78.9 Å². The number of hydrogen-bond donors (Lipinski definition) is 0. The number of hydrogen-bond acceptors (Lipinski definition) is 5. The Balaban J connectivity index is 1.80. The summed E-state index contributed by atoms with van der Waals surface area (Å²) in [5.41, 5.74) is 0. The average Bonchev–Trinajstić information content (AvgIpc) is 2.59. The molecule has 0 bridgehead atoms. The van der Waals surface area contributed by atoms with Gasteiger partial charge in [-0.15, -0.1) is 0 Å². The Morgan fingerprint density at radius 3 is 1.61 bits per heavy atom. The van der Waals surface area contributed by atoms with E-state index in [-0.39, 0.29) is 0 Å². The van der Waals surface area contributed by atoms with Crippen molar-refractivity contribution in [3.8, 4) is 0 Å². The van der Waals surface area contributed by atoms with E-state index in [2.05, 4.69) is 23.6 Å². The highest BCUT2D eigenvalue weighted by atomic mass is 16.5. The van der Waals surface area contributed by atoms with E-state index < -0.39 is 0 Å². The number of rotatable bonds is 15. The molecule has 0 aliphatic carbocycles. The van der Waals surface area contributed by atoms with Gasteiger partial charge >= 0.3 is 0 Å². The minimum atomic E-state index is 0.669. The topological polar surface area (TPSA) is 34.2 Å². The first-order chi connectivity index (χ1) is 11.4. The Morgan fingerprint density at radius 1 is 0.565 bits per heavy atom. The first-order valence-corrected chi connectivity index (χ1v) is 9.54. The number of ether oxygens (including phenoxy) is 3. The lowest BCUT2D eigenvalue weighted by molar-refractivity contribution is 0.00756. The van der Waals surface area contributed by atoms with Crippen LogP contribution in [0.15, 0.2) is 0 Å². The quantitative estimate of drug-likeness (QED) is 0.430. The molecule has 1 fully saturated rings. The molecule has 5 heteroatoms. The van der Waals surface area contributed by atoms with Crippen molar-refractivity contribution in [3.05, 3.63) is 0 Å². The average molecular weight is 331 g/mol. The number of unbranched alkanes of at least 4 members (excludes halogenated alkanes) is 2. The maximum Gasteiger partial charge on any atom is 0.0701 e. The van der Waals surface area contributed by atoms with Crippen molar-refractivity contribution in [2.45, 2.75) is 39.5 Å². The fourth-order valence-electron chi connectivity index (χ4n) is 2.60. The van der Waals surface area contributed by atoms with Gasteiger partial charge in [-0.2, -0.15) is 0 Å². The van der Waals surface area contributed by atoms with E-state index in [1.165, 1.54) is 52.0 Å². The van der Waals surface area contributed by atoms with Gasteiger partial charge in [-0.1, -0.05) is 26.7 Å². The van der Waals surface area contributed by atoms with E-state index in [1.807, 2.05) is 0 Å². The molecule has 0 radical (unpaired) electrons. The van der Waals surface area contributed by atoms with Gasteiger partial charge in [-0.05, 0) is 19.4 Å². The summed E-state index contributed by atoms with van der Waals surface area (Å²) in [5, 5.41) is 0. The highest BCUT2D eigenvalue weighted by Gasteiger charge is 2.15. The molecule has 5 nitrogen and oxygen atoms in total. The molecule has 0 unspecified atom stereocenters. The molecule has 0 aromatic heterocycles. The Bertz CT molecular complexity index is 246. The normalized spacial score (nSPS) is 17.0. The second-order valence-corrected chi connectivity index (χ2v) is 6.23. The van der Waals surface area contributed by atoms with Crippen LogP contribution in [0, 0.1) is 0 Å².